The lowest BCUT2D eigenvalue weighted by Gasteiger charge is -2.27. The van der Waals surface area contributed by atoms with Crippen LogP contribution in [0, 0.1) is 5.92 Å². The molecule has 0 amide bonds. The van der Waals surface area contributed by atoms with Gasteiger partial charge in [-0.25, -0.2) is 9.59 Å². The topological polar surface area (TPSA) is 84.9 Å². The molecule has 6 nitrogen and oxygen atoms in total. The van der Waals surface area contributed by atoms with Crippen LogP contribution in [-0.2, 0) is 19.1 Å². The lowest BCUT2D eigenvalue weighted by atomic mass is 9.87. The number of nitrogens with one attached hydrogen (secondary N) is 1. The van der Waals surface area contributed by atoms with E-state index >= 15 is 0 Å². The molecule has 0 bridgehead atoms. The number of ether oxygens (including phenoxy) is 2. The summed E-state index contributed by atoms with van der Waals surface area (Å²) in [5.74, 6) is -1.50. The van der Waals surface area contributed by atoms with E-state index in [0.29, 0.717) is 12.3 Å². The Kier molecular flexibility index (Phi) is 5.55. The molecule has 0 atom stereocenters. The Morgan fingerprint density at radius 1 is 1.22 bits per heavy atom. The highest BCUT2D eigenvalue weighted by molar-refractivity contribution is 6.03. The minimum absolute atomic E-state index is 0.0387. The Balaban J connectivity index is 2.60. The number of carbonyl (C=O) groups is 2. The molecule has 0 saturated carbocycles. The number of methoxy groups -OCH3 is 2. The molecule has 18 heavy (non-hydrogen) atoms. The first-order valence-corrected chi connectivity index (χ1v) is 6.14. The molecule has 1 saturated heterocycles. The SMILES string of the molecule is COC(=O)C(O)(CCC1CCNCC1)C(=O)OC. The first-order chi connectivity index (χ1) is 8.54. The van der Waals surface area contributed by atoms with Crippen LogP contribution in [0.3, 0.4) is 0 Å². The molecule has 104 valence electrons. The van der Waals surface area contributed by atoms with Crippen molar-refractivity contribution < 1.29 is 24.2 Å². The summed E-state index contributed by atoms with van der Waals surface area (Å²) in [6.07, 6.45) is 2.61. The summed E-state index contributed by atoms with van der Waals surface area (Å²) in [6.45, 7) is 1.86. The highest BCUT2D eigenvalue weighted by Gasteiger charge is 2.46. The van der Waals surface area contributed by atoms with E-state index in [1.807, 2.05) is 0 Å². The summed E-state index contributed by atoms with van der Waals surface area (Å²) in [5.41, 5.74) is -2.17. The van der Waals surface area contributed by atoms with Crippen LogP contribution in [0.15, 0.2) is 0 Å². The Morgan fingerprint density at radius 3 is 2.17 bits per heavy atom. The monoisotopic (exact) mass is 259 g/mol. The molecule has 1 fully saturated rings. The minimum Gasteiger partial charge on any atom is -0.466 e. The van der Waals surface area contributed by atoms with Gasteiger partial charge < -0.3 is 19.9 Å². The van der Waals surface area contributed by atoms with E-state index in [0.717, 1.165) is 40.2 Å². The average Bonchev–Trinajstić information content (AvgIpc) is 2.43. The third-order valence-electron chi connectivity index (χ3n) is 3.42. The van der Waals surface area contributed by atoms with E-state index in [-0.39, 0.29) is 6.42 Å². The minimum atomic E-state index is -2.17. The summed E-state index contributed by atoms with van der Waals surface area (Å²) < 4.78 is 8.95. The molecule has 0 aromatic carbocycles. The van der Waals surface area contributed by atoms with Crippen molar-refractivity contribution in [3.05, 3.63) is 0 Å². The van der Waals surface area contributed by atoms with Crippen LogP contribution < -0.4 is 5.32 Å². The standard InChI is InChI=1S/C12H21NO5/c1-17-10(14)12(16,11(15)18-2)6-3-9-4-7-13-8-5-9/h9,13,16H,3-8H2,1-2H3. The quantitative estimate of drug-likeness (QED) is 0.527. The highest BCUT2D eigenvalue weighted by Crippen LogP contribution is 2.24. The van der Waals surface area contributed by atoms with Gasteiger partial charge in [0.15, 0.2) is 0 Å². The normalized spacial score (nSPS) is 17.3. The van der Waals surface area contributed by atoms with Gasteiger partial charge in [0.25, 0.3) is 5.60 Å². The fourth-order valence-electron chi connectivity index (χ4n) is 2.21. The van der Waals surface area contributed by atoms with Gasteiger partial charge in [-0.15, -0.1) is 0 Å². The molecule has 6 heteroatoms. The average molecular weight is 259 g/mol. The lowest BCUT2D eigenvalue weighted by molar-refractivity contribution is -0.181. The summed E-state index contributed by atoms with van der Waals surface area (Å²) in [4.78, 5) is 23.0. The van der Waals surface area contributed by atoms with Crippen LogP contribution in [0.25, 0.3) is 0 Å². The molecule has 1 aliphatic heterocycles. The van der Waals surface area contributed by atoms with Crippen molar-refractivity contribution in [2.75, 3.05) is 27.3 Å². The van der Waals surface area contributed by atoms with Gasteiger partial charge in [0.2, 0.25) is 0 Å². The second-order valence-corrected chi connectivity index (χ2v) is 4.58. The Bertz CT molecular complexity index is 283. The number of piperidine rings is 1. The highest BCUT2D eigenvalue weighted by atomic mass is 16.6. The van der Waals surface area contributed by atoms with Gasteiger partial charge >= 0.3 is 11.9 Å². The van der Waals surface area contributed by atoms with Gasteiger partial charge in [0.05, 0.1) is 14.2 Å². The van der Waals surface area contributed by atoms with Gasteiger partial charge in [0.1, 0.15) is 0 Å². The molecule has 2 N–H and O–H groups in total. The van der Waals surface area contributed by atoms with Crippen LogP contribution >= 0.6 is 0 Å². The fraction of sp³-hybridized carbons (Fsp3) is 0.833. The third-order valence-corrected chi connectivity index (χ3v) is 3.42. The van der Waals surface area contributed by atoms with Crippen molar-refractivity contribution in [3.63, 3.8) is 0 Å². The van der Waals surface area contributed by atoms with Crippen molar-refractivity contribution in [1.29, 1.82) is 0 Å². The largest absolute Gasteiger partial charge is 0.466 e. The van der Waals surface area contributed by atoms with Crippen molar-refractivity contribution >= 4 is 11.9 Å². The van der Waals surface area contributed by atoms with E-state index in [1.165, 1.54) is 0 Å². The van der Waals surface area contributed by atoms with Gasteiger partial charge in [0, 0.05) is 0 Å². The second kappa shape index (κ2) is 6.70. The Labute approximate surface area is 107 Å². The fourth-order valence-corrected chi connectivity index (χ4v) is 2.21. The molecule has 1 rings (SSSR count). The predicted octanol–water partition coefficient (Wildman–Crippen LogP) is -0.157. The van der Waals surface area contributed by atoms with Crippen LogP contribution in [0.4, 0.5) is 0 Å². The van der Waals surface area contributed by atoms with E-state index in [4.69, 9.17) is 0 Å². The zero-order valence-corrected chi connectivity index (χ0v) is 10.9. The van der Waals surface area contributed by atoms with Crippen molar-refractivity contribution in [3.8, 4) is 0 Å². The van der Waals surface area contributed by atoms with Crippen LogP contribution in [0.1, 0.15) is 25.7 Å². The first kappa shape index (κ1) is 14.9. The van der Waals surface area contributed by atoms with E-state index in [2.05, 4.69) is 14.8 Å². The number of aliphatic hydroxyl groups is 1. The maximum Gasteiger partial charge on any atom is 0.349 e. The smallest absolute Gasteiger partial charge is 0.349 e. The van der Waals surface area contributed by atoms with Gasteiger partial charge in [-0.1, -0.05) is 0 Å². The van der Waals surface area contributed by atoms with E-state index < -0.39 is 17.5 Å². The lowest BCUT2D eigenvalue weighted by Crippen LogP contribution is -2.48. The number of esters is 2. The predicted molar refractivity (Wildman–Crippen MR) is 63.8 cm³/mol. The molecule has 0 aliphatic carbocycles. The zero-order chi connectivity index (χ0) is 13.6. The summed E-state index contributed by atoms with van der Waals surface area (Å²) in [7, 11) is 2.28. The van der Waals surface area contributed by atoms with Gasteiger partial charge in [-0.2, -0.15) is 0 Å². The molecular formula is C12H21NO5. The molecule has 1 aliphatic rings. The van der Waals surface area contributed by atoms with E-state index in [9.17, 15) is 14.7 Å². The molecule has 0 aromatic heterocycles. The number of hydrogen-bond acceptors (Lipinski definition) is 6. The third kappa shape index (κ3) is 3.43. The molecule has 0 radical (unpaired) electrons. The van der Waals surface area contributed by atoms with Crippen molar-refractivity contribution in [2.24, 2.45) is 5.92 Å². The van der Waals surface area contributed by atoms with Crippen LogP contribution in [0.2, 0.25) is 0 Å². The molecule has 0 aromatic rings. The molecular weight excluding hydrogens is 238 g/mol. The summed E-state index contributed by atoms with van der Waals surface area (Å²) in [6, 6.07) is 0. The first-order valence-electron chi connectivity index (χ1n) is 6.14. The Morgan fingerprint density at radius 2 is 1.72 bits per heavy atom. The molecule has 0 spiro atoms. The van der Waals surface area contributed by atoms with Crippen molar-refractivity contribution in [2.45, 2.75) is 31.3 Å². The maximum absolute atomic E-state index is 11.5. The van der Waals surface area contributed by atoms with E-state index in [1.54, 1.807) is 0 Å². The van der Waals surface area contributed by atoms with Gasteiger partial charge in [-0.3, -0.25) is 0 Å². The zero-order valence-electron chi connectivity index (χ0n) is 10.9. The van der Waals surface area contributed by atoms with Gasteiger partial charge in [-0.05, 0) is 44.7 Å². The van der Waals surface area contributed by atoms with Crippen LogP contribution in [0.5, 0.6) is 0 Å². The summed E-state index contributed by atoms with van der Waals surface area (Å²) >= 11 is 0. The van der Waals surface area contributed by atoms with Crippen molar-refractivity contribution in [1.82, 2.24) is 5.32 Å². The molecule has 1 heterocycles. The number of rotatable bonds is 5. The Hall–Kier alpha value is -1.14. The number of hydrogen-bond donors (Lipinski definition) is 2. The van der Waals surface area contributed by atoms with Crippen LogP contribution in [-0.4, -0.2) is 50.0 Å². The maximum atomic E-state index is 11.5. The number of carbonyl (C=O) groups excluding carboxylic acids is 2. The summed E-state index contributed by atoms with van der Waals surface area (Å²) in [5, 5.41) is 13.3. The second-order valence-electron chi connectivity index (χ2n) is 4.58. The molecule has 0 unspecified atom stereocenters.